The predicted octanol–water partition coefficient (Wildman–Crippen LogP) is 4.06. The van der Waals surface area contributed by atoms with E-state index < -0.39 is 0 Å². The Morgan fingerprint density at radius 2 is 1.55 bits per heavy atom. The van der Waals surface area contributed by atoms with Gasteiger partial charge < -0.3 is 4.57 Å². The third kappa shape index (κ3) is 1.48. The van der Waals surface area contributed by atoms with Crippen molar-refractivity contribution >= 4 is 0 Å². The zero-order valence-corrected chi connectivity index (χ0v) is 11.5. The van der Waals surface area contributed by atoms with Crippen molar-refractivity contribution in [3.8, 4) is 11.1 Å². The summed E-state index contributed by atoms with van der Waals surface area (Å²) in [4.78, 5) is 4.63. The molecule has 1 aromatic heterocycles. The van der Waals surface area contributed by atoms with Crippen molar-refractivity contribution in [1.29, 1.82) is 0 Å². The fourth-order valence-corrected chi connectivity index (χ4v) is 3.28. The van der Waals surface area contributed by atoms with Gasteiger partial charge in [0.05, 0.1) is 5.92 Å². The molecular weight excluding hydrogens is 244 g/mol. The Balaban J connectivity index is 2.00. The Bertz CT molecular complexity index is 725. The summed E-state index contributed by atoms with van der Waals surface area (Å²) in [6.45, 7) is 3.12. The van der Waals surface area contributed by atoms with Crippen LogP contribution in [0.2, 0.25) is 0 Å². The molecule has 0 fully saturated rings. The lowest BCUT2D eigenvalue weighted by Crippen LogP contribution is -2.08. The van der Waals surface area contributed by atoms with E-state index in [9.17, 15) is 0 Å². The van der Waals surface area contributed by atoms with Crippen molar-refractivity contribution in [3.05, 3.63) is 77.9 Å². The van der Waals surface area contributed by atoms with Crippen LogP contribution in [-0.4, -0.2) is 9.55 Å². The molecule has 3 aromatic rings. The Hall–Kier alpha value is -2.35. The molecule has 1 aliphatic carbocycles. The molecule has 0 bridgehead atoms. The van der Waals surface area contributed by atoms with Gasteiger partial charge >= 0.3 is 0 Å². The minimum atomic E-state index is 0.261. The molecule has 2 aromatic carbocycles. The molecule has 4 rings (SSSR count). The van der Waals surface area contributed by atoms with Crippen LogP contribution in [0.1, 0.15) is 29.8 Å². The maximum absolute atomic E-state index is 4.63. The number of nitrogens with zero attached hydrogens (tertiary/aromatic N) is 2. The van der Waals surface area contributed by atoms with Crippen LogP contribution in [0.5, 0.6) is 0 Å². The molecule has 0 spiro atoms. The normalized spacial score (nSPS) is 13.2. The summed E-state index contributed by atoms with van der Waals surface area (Å²) in [7, 11) is 0. The fourth-order valence-electron chi connectivity index (χ4n) is 3.28. The van der Waals surface area contributed by atoms with Crippen molar-refractivity contribution < 1.29 is 0 Å². The lowest BCUT2D eigenvalue weighted by molar-refractivity contribution is 0.688. The molecule has 2 heteroatoms. The number of rotatable bonds is 2. The SMILES string of the molecule is CCn1ccnc1C1c2ccccc2-c2ccccc21. The number of aryl methyl sites for hydroxylation is 1. The highest BCUT2D eigenvalue weighted by molar-refractivity contribution is 5.80. The van der Waals surface area contributed by atoms with Crippen LogP contribution in [-0.2, 0) is 6.54 Å². The Morgan fingerprint density at radius 1 is 0.950 bits per heavy atom. The van der Waals surface area contributed by atoms with Gasteiger partial charge in [0.1, 0.15) is 5.82 Å². The number of hydrogen-bond acceptors (Lipinski definition) is 1. The van der Waals surface area contributed by atoms with Gasteiger partial charge in [0, 0.05) is 18.9 Å². The van der Waals surface area contributed by atoms with E-state index in [-0.39, 0.29) is 5.92 Å². The number of benzene rings is 2. The number of hydrogen-bond donors (Lipinski definition) is 0. The molecule has 20 heavy (non-hydrogen) atoms. The Morgan fingerprint density at radius 3 is 2.15 bits per heavy atom. The van der Waals surface area contributed by atoms with Gasteiger partial charge in [-0.25, -0.2) is 4.98 Å². The van der Waals surface area contributed by atoms with E-state index in [0.29, 0.717) is 0 Å². The standard InChI is InChI=1S/C18H16N2/c1-2-20-12-11-19-18(20)17-15-9-5-3-7-13(15)14-8-4-6-10-16(14)17/h3-12,17H,2H2,1H3. The van der Waals surface area contributed by atoms with E-state index in [1.807, 2.05) is 6.20 Å². The fraction of sp³-hybridized carbons (Fsp3) is 0.167. The molecule has 0 aliphatic heterocycles. The molecule has 0 unspecified atom stereocenters. The van der Waals surface area contributed by atoms with E-state index in [1.54, 1.807) is 0 Å². The van der Waals surface area contributed by atoms with Crippen LogP contribution in [0, 0.1) is 0 Å². The summed E-state index contributed by atoms with van der Waals surface area (Å²) >= 11 is 0. The summed E-state index contributed by atoms with van der Waals surface area (Å²) in [5.41, 5.74) is 5.43. The third-order valence-corrected chi connectivity index (χ3v) is 4.18. The van der Waals surface area contributed by atoms with Crippen LogP contribution in [0.4, 0.5) is 0 Å². The summed E-state index contributed by atoms with van der Waals surface area (Å²) in [6, 6.07) is 17.4. The number of fused-ring (bicyclic) bond motifs is 3. The zero-order valence-electron chi connectivity index (χ0n) is 11.5. The quantitative estimate of drug-likeness (QED) is 0.531. The first-order chi connectivity index (χ1) is 9.90. The molecule has 2 nitrogen and oxygen atoms in total. The van der Waals surface area contributed by atoms with Crippen molar-refractivity contribution in [2.75, 3.05) is 0 Å². The highest BCUT2D eigenvalue weighted by Crippen LogP contribution is 2.47. The topological polar surface area (TPSA) is 17.8 Å². The van der Waals surface area contributed by atoms with Crippen molar-refractivity contribution in [2.24, 2.45) is 0 Å². The van der Waals surface area contributed by atoms with Gasteiger partial charge in [0.25, 0.3) is 0 Å². The molecule has 1 aliphatic rings. The zero-order chi connectivity index (χ0) is 13.5. The second-order valence-electron chi connectivity index (χ2n) is 5.18. The Labute approximate surface area is 118 Å². The van der Waals surface area contributed by atoms with E-state index in [0.717, 1.165) is 12.4 Å². The number of imidazole rings is 1. The van der Waals surface area contributed by atoms with Crippen LogP contribution in [0.15, 0.2) is 60.9 Å². The van der Waals surface area contributed by atoms with Crippen LogP contribution in [0.3, 0.4) is 0 Å². The largest absolute Gasteiger partial charge is 0.334 e. The van der Waals surface area contributed by atoms with Gasteiger partial charge in [-0.05, 0) is 29.2 Å². The maximum atomic E-state index is 4.63. The first-order valence-corrected chi connectivity index (χ1v) is 7.09. The van der Waals surface area contributed by atoms with Crippen LogP contribution < -0.4 is 0 Å². The van der Waals surface area contributed by atoms with E-state index >= 15 is 0 Å². The predicted molar refractivity (Wildman–Crippen MR) is 80.7 cm³/mol. The van der Waals surface area contributed by atoms with Crippen LogP contribution >= 0.6 is 0 Å². The van der Waals surface area contributed by atoms with Gasteiger partial charge in [-0.15, -0.1) is 0 Å². The summed E-state index contributed by atoms with van der Waals surface area (Å²) in [5.74, 6) is 1.40. The monoisotopic (exact) mass is 260 g/mol. The molecule has 0 radical (unpaired) electrons. The smallest absolute Gasteiger partial charge is 0.120 e. The second kappa shape index (κ2) is 4.34. The van der Waals surface area contributed by atoms with Gasteiger partial charge in [0.2, 0.25) is 0 Å². The van der Waals surface area contributed by atoms with Gasteiger partial charge in [0.15, 0.2) is 0 Å². The first kappa shape index (κ1) is 11.5. The molecule has 0 amide bonds. The average molecular weight is 260 g/mol. The van der Waals surface area contributed by atoms with E-state index in [1.165, 1.54) is 22.3 Å². The van der Waals surface area contributed by atoms with E-state index in [4.69, 9.17) is 0 Å². The molecular formula is C18H16N2. The van der Waals surface area contributed by atoms with Gasteiger partial charge in [-0.2, -0.15) is 0 Å². The molecule has 98 valence electrons. The van der Waals surface area contributed by atoms with Crippen molar-refractivity contribution in [1.82, 2.24) is 9.55 Å². The van der Waals surface area contributed by atoms with Crippen LogP contribution in [0.25, 0.3) is 11.1 Å². The molecule has 0 saturated carbocycles. The van der Waals surface area contributed by atoms with Gasteiger partial charge in [-0.1, -0.05) is 48.5 Å². The molecule has 0 saturated heterocycles. The second-order valence-corrected chi connectivity index (χ2v) is 5.18. The number of aromatic nitrogens is 2. The summed E-state index contributed by atoms with van der Waals surface area (Å²) < 4.78 is 2.24. The van der Waals surface area contributed by atoms with Crippen molar-refractivity contribution in [2.45, 2.75) is 19.4 Å². The lowest BCUT2D eigenvalue weighted by atomic mass is 9.96. The summed E-state index contributed by atoms with van der Waals surface area (Å²) in [5, 5.41) is 0. The third-order valence-electron chi connectivity index (χ3n) is 4.18. The van der Waals surface area contributed by atoms with Crippen molar-refractivity contribution in [3.63, 3.8) is 0 Å². The highest BCUT2D eigenvalue weighted by Gasteiger charge is 2.31. The minimum Gasteiger partial charge on any atom is -0.334 e. The summed E-state index contributed by atoms with van der Waals surface area (Å²) in [6.07, 6.45) is 3.97. The highest BCUT2D eigenvalue weighted by atomic mass is 15.1. The van der Waals surface area contributed by atoms with Gasteiger partial charge in [-0.3, -0.25) is 0 Å². The molecule has 1 heterocycles. The minimum absolute atomic E-state index is 0.261. The first-order valence-electron chi connectivity index (χ1n) is 7.09. The Kier molecular flexibility index (Phi) is 2.49. The molecule has 0 N–H and O–H groups in total. The van der Waals surface area contributed by atoms with E-state index in [2.05, 4.69) is 71.2 Å². The average Bonchev–Trinajstić information content (AvgIpc) is 3.08. The maximum Gasteiger partial charge on any atom is 0.120 e. The lowest BCUT2D eigenvalue weighted by Gasteiger charge is -2.14. The molecule has 0 atom stereocenters.